The summed E-state index contributed by atoms with van der Waals surface area (Å²) in [5.41, 5.74) is 0. The molecule has 0 saturated carbocycles. The van der Waals surface area contributed by atoms with Crippen LogP contribution in [0.4, 0.5) is 0 Å². The molecule has 0 radical (unpaired) electrons. The molecule has 6 nitrogen and oxygen atoms in total. The number of hydrogen-bond donors (Lipinski definition) is 0. The monoisotopic (exact) mass is 272 g/mol. The Labute approximate surface area is 88.3 Å². The second-order valence-corrected chi connectivity index (χ2v) is 4.90. The maximum Gasteiger partial charge on any atom is 4.00 e. The second-order valence-electron chi connectivity index (χ2n) is 0.816. The zero-order valence-corrected chi connectivity index (χ0v) is 9.41. The average molecular weight is 272 g/mol. The quantitative estimate of drug-likeness (QED) is 0.462. The zero-order chi connectivity index (χ0) is 9.00. The third-order valence-corrected chi connectivity index (χ3v) is 0. The van der Waals surface area contributed by atoms with Crippen molar-refractivity contribution >= 4 is 40.5 Å². The van der Waals surface area contributed by atoms with Crippen LogP contribution in [0, 0.1) is 0 Å². The minimum atomic E-state index is -4.33. The van der Waals surface area contributed by atoms with Gasteiger partial charge in [0, 0.05) is 0 Å². The minimum absolute atomic E-state index is 0. The van der Waals surface area contributed by atoms with Crippen LogP contribution in [-0.4, -0.2) is 26.6 Å². The van der Waals surface area contributed by atoms with E-state index < -0.39 is 18.1 Å². The van der Waals surface area contributed by atoms with E-state index in [1.165, 1.54) is 0 Å². The SMILES string of the molecule is O=S([O-])([O-])=S.O=S([O-])([O-])=S.[Ti+4]. The molecule has 0 rings (SSSR count). The summed E-state index contributed by atoms with van der Waals surface area (Å²) in [6, 6.07) is 0. The predicted octanol–water partition coefficient (Wildman–Crippen LogP) is -2.02. The third-order valence-electron chi connectivity index (χ3n) is 0. The van der Waals surface area contributed by atoms with Crippen molar-refractivity contribution in [3.05, 3.63) is 0 Å². The van der Waals surface area contributed by atoms with E-state index in [1.807, 2.05) is 0 Å². The maximum absolute atomic E-state index is 8.89. The van der Waals surface area contributed by atoms with Crippen molar-refractivity contribution in [2.75, 3.05) is 0 Å². The molecule has 0 aliphatic heterocycles. The van der Waals surface area contributed by atoms with Gasteiger partial charge in [-0.2, -0.15) is 0 Å². The van der Waals surface area contributed by atoms with Crippen molar-refractivity contribution in [3.8, 4) is 0 Å². The van der Waals surface area contributed by atoms with Crippen molar-refractivity contribution < 1.29 is 48.3 Å². The Morgan fingerprint density at radius 3 is 0.818 bits per heavy atom. The van der Waals surface area contributed by atoms with E-state index >= 15 is 0 Å². The van der Waals surface area contributed by atoms with Gasteiger partial charge in [-0.25, -0.2) is 0 Å². The van der Waals surface area contributed by atoms with Crippen LogP contribution in [0.5, 0.6) is 0 Å². The fraction of sp³-hybridized carbons (Fsp3) is 0. The van der Waals surface area contributed by atoms with E-state index in [9.17, 15) is 0 Å². The second kappa shape index (κ2) is 6.77. The predicted molar refractivity (Wildman–Crippen MR) is 34.1 cm³/mol. The van der Waals surface area contributed by atoms with Gasteiger partial charge < -0.3 is 18.2 Å². The van der Waals surface area contributed by atoms with Crippen LogP contribution in [0.25, 0.3) is 0 Å². The van der Waals surface area contributed by atoms with Gasteiger partial charge in [0.25, 0.3) is 0 Å². The van der Waals surface area contributed by atoms with E-state index in [1.54, 1.807) is 0 Å². The number of hydrogen-bond acceptors (Lipinski definition) is 8. The Balaban J connectivity index is -0.000000107. The average Bonchev–Trinajstić information content (AvgIpc) is 1.12. The first-order valence-electron chi connectivity index (χ1n) is 1.33. The normalized spacial score (nSPS) is 10.5. The molecule has 0 amide bonds. The molecule has 0 fully saturated rings. The van der Waals surface area contributed by atoms with Crippen LogP contribution < -0.4 is 0 Å². The molecule has 64 valence electrons. The molecule has 0 N–H and O–H groups in total. The zero-order valence-electron chi connectivity index (χ0n) is 4.58. The third kappa shape index (κ3) is 582. The molecule has 0 saturated heterocycles. The van der Waals surface area contributed by atoms with Crippen molar-refractivity contribution in [1.29, 1.82) is 0 Å². The van der Waals surface area contributed by atoms with Gasteiger partial charge in [0.1, 0.15) is 0 Å². The van der Waals surface area contributed by atoms with E-state index in [0.717, 1.165) is 0 Å². The van der Waals surface area contributed by atoms with Gasteiger partial charge in [-0.15, -0.1) is 18.1 Å². The van der Waals surface area contributed by atoms with Crippen LogP contribution >= 0.6 is 0 Å². The van der Waals surface area contributed by atoms with Crippen molar-refractivity contribution in [2.45, 2.75) is 0 Å². The standard InChI is InChI=1S/2H2O3S2.Ti/c2*1-5(2,3)4;/h2*(H2,1,2,3,4);/q;;+4/p-4. The molecule has 0 aromatic carbocycles. The molecule has 0 heterocycles. The summed E-state index contributed by atoms with van der Waals surface area (Å²) in [7, 11) is -8.67. The molecule has 11 heteroatoms. The Morgan fingerprint density at radius 1 is 0.818 bits per heavy atom. The molecular weight excluding hydrogens is 272 g/mol. The van der Waals surface area contributed by atoms with Gasteiger partial charge in [0.05, 0.1) is 0 Å². The van der Waals surface area contributed by atoms with Crippen LogP contribution in [0.3, 0.4) is 0 Å². The fourth-order valence-corrected chi connectivity index (χ4v) is 0. The molecule has 0 spiro atoms. The van der Waals surface area contributed by atoms with E-state index in [0.29, 0.717) is 0 Å². The molecule has 0 atom stereocenters. The smallest absolute Gasteiger partial charge is 0.780 e. The summed E-state index contributed by atoms with van der Waals surface area (Å²) in [6.45, 7) is 0. The van der Waals surface area contributed by atoms with Crippen molar-refractivity contribution in [3.63, 3.8) is 0 Å². The summed E-state index contributed by atoms with van der Waals surface area (Å²) < 4.78 is 53.3. The fourth-order valence-electron chi connectivity index (χ4n) is 0. The van der Waals surface area contributed by atoms with Crippen LogP contribution in [0.1, 0.15) is 0 Å². The van der Waals surface area contributed by atoms with E-state index in [-0.39, 0.29) is 21.7 Å². The van der Waals surface area contributed by atoms with E-state index in [2.05, 4.69) is 22.4 Å². The Hall–Kier alpha value is 1.29. The minimum Gasteiger partial charge on any atom is -0.780 e. The summed E-state index contributed by atoms with van der Waals surface area (Å²) in [5, 5.41) is 0. The van der Waals surface area contributed by atoms with Gasteiger partial charge in [-0.1, -0.05) is 0 Å². The molecule has 0 aromatic heterocycles. The van der Waals surface area contributed by atoms with Crippen molar-refractivity contribution in [1.82, 2.24) is 0 Å². The first kappa shape index (κ1) is 18.2. The summed E-state index contributed by atoms with van der Waals surface area (Å²) in [4.78, 5) is 0. The molecule has 0 aliphatic carbocycles. The molecule has 0 unspecified atom stereocenters. The molecule has 11 heavy (non-hydrogen) atoms. The Kier molecular flexibility index (Phi) is 11.2. The number of rotatable bonds is 0. The summed E-state index contributed by atoms with van der Waals surface area (Å²) >= 11 is 6.49. The first-order chi connectivity index (χ1) is 4.00. The Morgan fingerprint density at radius 2 is 0.818 bits per heavy atom. The van der Waals surface area contributed by atoms with Gasteiger partial charge in [0.2, 0.25) is 0 Å². The Bertz CT molecular complexity index is 211. The van der Waals surface area contributed by atoms with Crippen molar-refractivity contribution in [2.24, 2.45) is 0 Å². The van der Waals surface area contributed by atoms with Crippen LogP contribution in [0.15, 0.2) is 0 Å². The van der Waals surface area contributed by atoms with Gasteiger partial charge in [-0.3, -0.25) is 8.42 Å². The van der Waals surface area contributed by atoms with Crippen LogP contribution in [-0.2, 0) is 62.2 Å². The molecular formula is O6S4Ti. The largest absolute Gasteiger partial charge is 4.00 e. The first-order valence-corrected chi connectivity index (χ1v) is 6.00. The summed E-state index contributed by atoms with van der Waals surface area (Å²) in [6.07, 6.45) is 0. The van der Waals surface area contributed by atoms with E-state index in [4.69, 9.17) is 26.6 Å². The van der Waals surface area contributed by atoms with Crippen LogP contribution in [0.2, 0.25) is 0 Å². The van der Waals surface area contributed by atoms with Gasteiger partial charge >= 0.3 is 21.7 Å². The van der Waals surface area contributed by atoms with Gasteiger partial charge in [0.15, 0.2) is 0 Å². The summed E-state index contributed by atoms with van der Waals surface area (Å²) in [5.74, 6) is 0. The maximum atomic E-state index is 8.89. The molecule has 0 bridgehead atoms. The van der Waals surface area contributed by atoms with Gasteiger partial charge in [-0.05, 0) is 22.4 Å². The molecule has 0 aromatic rings. The topological polar surface area (TPSA) is 126 Å². The molecule has 0 aliphatic rings.